The minimum Gasteiger partial charge on any atom is -0.506 e. The van der Waals surface area contributed by atoms with Gasteiger partial charge in [0.15, 0.2) is 8.32 Å². The second kappa shape index (κ2) is 16.6. The summed E-state index contributed by atoms with van der Waals surface area (Å²) >= 11 is 3.84. The zero-order valence-electron chi connectivity index (χ0n) is 34.3. The Balaban J connectivity index is 0.811. The minimum absolute atomic E-state index is 0.00816. The van der Waals surface area contributed by atoms with Crippen molar-refractivity contribution in [2.75, 3.05) is 26.2 Å². The number of fused-ring (bicyclic) bond motifs is 2. The highest BCUT2D eigenvalue weighted by molar-refractivity contribution is 7.16. The number of nitrogens with one attached hydrogen (secondary N) is 2. The smallest absolute Gasteiger partial charge is 0.349 e. The predicted molar refractivity (Wildman–Crippen MR) is 238 cm³/mol. The Kier molecular flexibility index (Phi) is 11.8. The number of phenolic OH excluding ortho intramolecular Hbond substituents is 1. The van der Waals surface area contributed by atoms with Gasteiger partial charge in [-0.05, 0) is 122 Å². The van der Waals surface area contributed by atoms with Crippen LogP contribution in [-0.4, -0.2) is 81.7 Å². The van der Waals surface area contributed by atoms with Crippen LogP contribution in [0.15, 0.2) is 70.2 Å². The second-order valence-corrected chi connectivity index (χ2v) is 25.5. The highest BCUT2D eigenvalue weighted by Crippen LogP contribution is 2.51. The van der Waals surface area contributed by atoms with Crippen LogP contribution in [-0.2, 0) is 32.6 Å². The molecule has 314 valence electrons. The van der Waals surface area contributed by atoms with Crippen molar-refractivity contribution < 1.29 is 24.2 Å². The molecule has 8 rings (SSSR count). The molecule has 12 nitrogen and oxygen atoms in total. The van der Waals surface area contributed by atoms with E-state index in [4.69, 9.17) is 9.16 Å². The Hall–Kier alpha value is -3.74. The highest BCUT2D eigenvalue weighted by atomic mass is 32.1. The van der Waals surface area contributed by atoms with Crippen molar-refractivity contribution >= 4 is 69.5 Å². The lowest BCUT2D eigenvalue weighted by molar-refractivity contribution is -0.181. The second-order valence-electron chi connectivity index (χ2n) is 17.8. The molecule has 6 aromatic rings. The molecular formula is C43H54N6O6S3Si. The van der Waals surface area contributed by atoms with Crippen molar-refractivity contribution in [3.05, 3.63) is 95.9 Å². The number of nitrogens with zero attached hydrogens (tertiary/aromatic N) is 4. The number of benzene rings is 2. The van der Waals surface area contributed by atoms with E-state index < -0.39 is 19.9 Å². The number of carbonyl (C=O) groups excluding carboxylic acids is 1. The molecule has 16 heteroatoms. The lowest BCUT2D eigenvalue weighted by atomic mass is 9.61. The zero-order chi connectivity index (χ0) is 41.6. The number of aryl methyl sites for hydroxylation is 1. The maximum Gasteiger partial charge on any atom is 0.349 e. The molecule has 1 spiro atoms. The number of phenols is 1. The topological polar surface area (TPSA) is 155 Å². The number of likely N-dealkylation sites (tertiary alicyclic amines) is 1. The van der Waals surface area contributed by atoms with Crippen LogP contribution in [0.1, 0.15) is 79.9 Å². The van der Waals surface area contributed by atoms with Crippen molar-refractivity contribution in [2.24, 2.45) is 5.41 Å². The maximum atomic E-state index is 13.4. The van der Waals surface area contributed by atoms with Crippen molar-refractivity contribution in [2.45, 2.75) is 102 Å². The van der Waals surface area contributed by atoms with Crippen molar-refractivity contribution in [1.29, 1.82) is 0 Å². The number of esters is 1. The number of ether oxygens (including phenoxy) is 1. The third kappa shape index (κ3) is 8.60. The fraction of sp³-hybridized carbons (Fsp3) is 0.488. The van der Waals surface area contributed by atoms with Gasteiger partial charge in [-0.3, -0.25) is 4.79 Å². The van der Waals surface area contributed by atoms with Crippen LogP contribution in [0.2, 0.25) is 18.1 Å². The Bertz CT molecular complexity index is 2400. The van der Waals surface area contributed by atoms with Crippen molar-refractivity contribution in [3.8, 4) is 5.75 Å². The Morgan fingerprint density at radius 1 is 1.05 bits per heavy atom. The quantitative estimate of drug-likeness (QED) is 0.0588. The summed E-state index contributed by atoms with van der Waals surface area (Å²) in [5, 5.41) is 38.4. The normalized spacial score (nSPS) is 17.2. The first-order chi connectivity index (χ1) is 28.1. The first-order valence-electron chi connectivity index (χ1n) is 20.4. The van der Waals surface area contributed by atoms with Crippen LogP contribution in [0.25, 0.3) is 21.3 Å². The molecule has 2 aromatic carbocycles. The Labute approximate surface area is 357 Å². The van der Waals surface area contributed by atoms with Crippen LogP contribution < -0.4 is 10.2 Å². The third-order valence-electron chi connectivity index (χ3n) is 12.8. The summed E-state index contributed by atoms with van der Waals surface area (Å²) in [4.78, 5) is 32.0. The van der Waals surface area contributed by atoms with Gasteiger partial charge in [-0.15, -0.1) is 27.8 Å². The van der Waals surface area contributed by atoms with Gasteiger partial charge in [0.25, 0.3) is 0 Å². The molecule has 4 aromatic heterocycles. The summed E-state index contributed by atoms with van der Waals surface area (Å²) in [6, 6.07) is 17.1. The van der Waals surface area contributed by atoms with Crippen LogP contribution in [0.5, 0.6) is 5.75 Å². The average molecular weight is 875 g/mol. The molecule has 0 unspecified atom stereocenters. The summed E-state index contributed by atoms with van der Waals surface area (Å²) in [6.45, 7) is 16.0. The number of aliphatic hydroxyl groups is 1. The number of rotatable bonds is 15. The summed E-state index contributed by atoms with van der Waals surface area (Å²) in [5.41, 5.74) is 2.77. The lowest BCUT2D eigenvalue weighted by Crippen LogP contribution is -2.52. The number of piperidine rings is 1. The number of hydrogen-bond acceptors (Lipinski definition) is 13. The maximum absolute atomic E-state index is 13.4. The SMILES string of the molecule is CC(C)(C)[Si](C)(C)O[C@@H](CNCc1ccc2c(c1)nnn2CCCN1CCC2(CC1)CC(OC(=O)C(O)(c1cccs1)c1cccs1)C2)c1ccc(O)c2[nH]c(=O)sc12. The van der Waals surface area contributed by atoms with Crippen LogP contribution in [0.4, 0.5) is 0 Å². The van der Waals surface area contributed by atoms with Crippen molar-refractivity contribution in [3.63, 3.8) is 0 Å². The standard InChI is InChI=1S/C43H54N6O6S3Si/c1-41(2,3)59(4,5)55-34(30-12-14-33(50)37-38(30)58-40(52)45-37)27-44-26-28-11-13-32-31(23-28)46-47-49(32)18-8-17-48-19-15-42(16-20-48)24-29(25-42)54-39(51)43(53,35-9-6-21-56-35)36-10-7-22-57-36/h6-7,9-14,21-23,29,34,44,50,53H,8,15-20,24-27H2,1-5H3,(H,45,52)/t34-/m0/s1. The molecule has 4 N–H and O–H groups in total. The van der Waals surface area contributed by atoms with E-state index in [-0.39, 0.29) is 33.3 Å². The molecule has 0 radical (unpaired) electrons. The van der Waals surface area contributed by atoms with Gasteiger partial charge in [-0.25, -0.2) is 9.48 Å². The van der Waals surface area contributed by atoms with Crippen LogP contribution in [0.3, 0.4) is 0 Å². The number of aromatic nitrogens is 4. The molecule has 1 saturated carbocycles. The van der Waals surface area contributed by atoms with Crippen LogP contribution >= 0.6 is 34.0 Å². The number of aromatic amines is 1. The monoisotopic (exact) mass is 874 g/mol. The largest absolute Gasteiger partial charge is 0.506 e. The molecule has 1 saturated heterocycles. The molecule has 59 heavy (non-hydrogen) atoms. The van der Waals surface area contributed by atoms with E-state index in [9.17, 15) is 19.8 Å². The van der Waals surface area contributed by atoms with E-state index in [1.165, 1.54) is 22.7 Å². The highest BCUT2D eigenvalue weighted by Gasteiger charge is 2.51. The molecule has 0 amide bonds. The number of H-pyrrole nitrogens is 1. The summed E-state index contributed by atoms with van der Waals surface area (Å²) in [7, 11) is -2.20. The van der Waals surface area contributed by atoms with Gasteiger partial charge in [-0.1, -0.05) is 61.6 Å². The number of carbonyl (C=O) groups is 1. The first kappa shape index (κ1) is 42.0. The third-order valence-corrected chi connectivity index (χ3v) is 20.2. The zero-order valence-corrected chi connectivity index (χ0v) is 37.8. The summed E-state index contributed by atoms with van der Waals surface area (Å²) in [6.07, 6.45) is 4.37. The van der Waals surface area contributed by atoms with E-state index >= 15 is 0 Å². The van der Waals surface area contributed by atoms with Gasteiger partial charge < -0.3 is 34.6 Å². The molecule has 5 heterocycles. The summed E-state index contributed by atoms with van der Waals surface area (Å²) < 4.78 is 15.6. The molecule has 0 bridgehead atoms. The fourth-order valence-electron chi connectivity index (χ4n) is 8.30. The van der Waals surface area contributed by atoms with E-state index in [2.05, 4.69) is 77.6 Å². The molecule has 2 aliphatic rings. The van der Waals surface area contributed by atoms with E-state index in [1.807, 2.05) is 33.6 Å². The van der Waals surface area contributed by atoms with Gasteiger partial charge in [0.2, 0.25) is 5.60 Å². The first-order valence-corrected chi connectivity index (χ1v) is 25.9. The minimum atomic E-state index is -2.20. The predicted octanol–water partition coefficient (Wildman–Crippen LogP) is 8.13. The number of aromatic hydroxyl groups is 1. The molecule has 1 aliphatic carbocycles. The summed E-state index contributed by atoms with van der Waals surface area (Å²) in [5.74, 6) is -0.514. The molecular weight excluding hydrogens is 821 g/mol. The van der Waals surface area contributed by atoms with Gasteiger partial charge >= 0.3 is 10.8 Å². The Morgan fingerprint density at radius 2 is 1.76 bits per heavy atom. The van der Waals surface area contributed by atoms with E-state index in [1.54, 1.807) is 18.2 Å². The number of thiophene rings is 2. The number of hydrogen-bond donors (Lipinski definition) is 4. The lowest BCUT2D eigenvalue weighted by Gasteiger charge is -2.51. The van der Waals surface area contributed by atoms with Gasteiger partial charge in [0.05, 0.1) is 26.1 Å². The van der Waals surface area contributed by atoms with E-state index in [0.29, 0.717) is 28.4 Å². The van der Waals surface area contributed by atoms with Gasteiger partial charge in [-0.2, -0.15) is 0 Å². The molecule has 2 fully saturated rings. The molecule has 1 atom stereocenters. The van der Waals surface area contributed by atoms with E-state index in [0.717, 1.165) is 96.5 Å². The van der Waals surface area contributed by atoms with Crippen LogP contribution in [0, 0.1) is 5.41 Å². The van der Waals surface area contributed by atoms with Gasteiger partial charge in [0.1, 0.15) is 22.9 Å². The molecule has 1 aliphatic heterocycles. The Morgan fingerprint density at radius 3 is 2.42 bits per heavy atom. The van der Waals surface area contributed by atoms with Crippen molar-refractivity contribution in [1.82, 2.24) is 30.2 Å². The number of thiazole rings is 1. The average Bonchev–Trinajstić information content (AvgIpc) is 4.02. The van der Waals surface area contributed by atoms with Gasteiger partial charge in [0, 0.05) is 25.2 Å². The fourth-order valence-corrected chi connectivity index (χ4v) is 12.2.